The first-order valence-electron chi connectivity index (χ1n) is 6.61. The highest BCUT2D eigenvalue weighted by Crippen LogP contribution is 2.12. The van der Waals surface area contributed by atoms with Crippen molar-refractivity contribution in [2.24, 2.45) is 0 Å². The monoisotopic (exact) mass is 299 g/mol. The van der Waals surface area contributed by atoms with Gasteiger partial charge in [0.2, 0.25) is 0 Å². The van der Waals surface area contributed by atoms with Gasteiger partial charge in [-0.05, 0) is 19.1 Å². The number of carbonyl (C=O) groups is 1. The number of nitrogens with zero attached hydrogens (tertiary/aromatic N) is 6. The summed E-state index contributed by atoms with van der Waals surface area (Å²) in [6.07, 6.45) is 4.82. The standard InChI is InChI=1S/C13H13N7O2/c1-9-16-13(22-18-9)11-8-20(19-17-11)6-5-15-12(21)10-3-2-4-14-7-10/h2-4,7-8H,5-6H2,1H3,(H,15,21). The van der Waals surface area contributed by atoms with Crippen LogP contribution in [0.3, 0.4) is 0 Å². The van der Waals surface area contributed by atoms with Gasteiger partial charge in [-0.2, -0.15) is 4.98 Å². The Balaban J connectivity index is 1.54. The van der Waals surface area contributed by atoms with Crippen molar-refractivity contribution < 1.29 is 9.32 Å². The molecule has 0 spiro atoms. The third-order valence-electron chi connectivity index (χ3n) is 2.84. The van der Waals surface area contributed by atoms with Crippen LogP contribution in [-0.2, 0) is 6.54 Å². The zero-order valence-corrected chi connectivity index (χ0v) is 11.8. The van der Waals surface area contributed by atoms with Gasteiger partial charge in [-0.15, -0.1) is 5.10 Å². The zero-order valence-electron chi connectivity index (χ0n) is 11.8. The molecular formula is C13H13N7O2. The smallest absolute Gasteiger partial charge is 0.280 e. The molecular weight excluding hydrogens is 286 g/mol. The highest BCUT2D eigenvalue weighted by atomic mass is 16.5. The fraction of sp³-hybridized carbons (Fsp3) is 0.231. The van der Waals surface area contributed by atoms with E-state index in [0.717, 1.165) is 0 Å². The van der Waals surface area contributed by atoms with Crippen LogP contribution in [0.4, 0.5) is 0 Å². The molecule has 0 saturated carbocycles. The summed E-state index contributed by atoms with van der Waals surface area (Å²) >= 11 is 0. The maximum absolute atomic E-state index is 11.8. The minimum atomic E-state index is -0.180. The third-order valence-corrected chi connectivity index (χ3v) is 2.84. The van der Waals surface area contributed by atoms with Gasteiger partial charge in [-0.3, -0.25) is 9.78 Å². The van der Waals surface area contributed by atoms with Gasteiger partial charge in [-0.25, -0.2) is 4.68 Å². The first kappa shape index (κ1) is 13.9. The van der Waals surface area contributed by atoms with E-state index in [0.29, 0.717) is 36.1 Å². The number of aromatic nitrogens is 6. The van der Waals surface area contributed by atoms with E-state index in [1.54, 1.807) is 36.1 Å². The van der Waals surface area contributed by atoms with Gasteiger partial charge in [0.1, 0.15) is 0 Å². The lowest BCUT2D eigenvalue weighted by atomic mass is 10.3. The zero-order chi connectivity index (χ0) is 15.4. The highest BCUT2D eigenvalue weighted by molar-refractivity contribution is 5.93. The molecule has 0 aliphatic heterocycles. The molecule has 3 heterocycles. The fourth-order valence-electron chi connectivity index (χ4n) is 1.79. The van der Waals surface area contributed by atoms with Crippen molar-refractivity contribution in [3.8, 4) is 11.6 Å². The summed E-state index contributed by atoms with van der Waals surface area (Å²) < 4.78 is 6.61. The Labute approximate surface area is 125 Å². The van der Waals surface area contributed by atoms with Crippen LogP contribution in [0.25, 0.3) is 11.6 Å². The van der Waals surface area contributed by atoms with Crippen LogP contribution in [-0.4, -0.2) is 42.6 Å². The molecule has 0 aromatic carbocycles. The van der Waals surface area contributed by atoms with Crippen LogP contribution >= 0.6 is 0 Å². The molecule has 0 fully saturated rings. The molecule has 112 valence electrons. The van der Waals surface area contributed by atoms with Crippen molar-refractivity contribution in [3.05, 3.63) is 42.1 Å². The first-order valence-corrected chi connectivity index (χ1v) is 6.61. The van der Waals surface area contributed by atoms with Gasteiger partial charge >= 0.3 is 0 Å². The van der Waals surface area contributed by atoms with Crippen LogP contribution < -0.4 is 5.32 Å². The number of hydrogen-bond acceptors (Lipinski definition) is 7. The van der Waals surface area contributed by atoms with E-state index in [1.807, 2.05) is 0 Å². The predicted octanol–water partition coefficient (Wildman–Crippen LogP) is 0.462. The number of pyridine rings is 1. The first-order chi connectivity index (χ1) is 10.7. The maximum atomic E-state index is 11.8. The summed E-state index contributed by atoms with van der Waals surface area (Å²) in [4.78, 5) is 19.8. The van der Waals surface area contributed by atoms with Gasteiger partial charge in [0.25, 0.3) is 11.8 Å². The Bertz CT molecular complexity index is 766. The summed E-state index contributed by atoms with van der Waals surface area (Å²) in [5.41, 5.74) is 1.02. The second-order valence-corrected chi connectivity index (χ2v) is 4.51. The lowest BCUT2D eigenvalue weighted by Crippen LogP contribution is -2.27. The molecule has 0 aliphatic rings. The van der Waals surface area contributed by atoms with Crippen molar-refractivity contribution in [2.75, 3.05) is 6.54 Å². The van der Waals surface area contributed by atoms with Crippen LogP contribution in [0.5, 0.6) is 0 Å². The Hall–Kier alpha value is -3.10. The molecule has 3 aromatic heterocycles. The number of aryl methyl sites for hydroxylation is 1. The quantitative estimate of drug-likeness (QED) is 0.728. The Morgan fingerprint density at radius 2 is 2.36 bits per heavy atom. The highest BCUT2D eigenvalue weighted by Gasteiger charge is 2.11. The van der Waals surface area contributed by atoms with Gasteiger partial charge in [0.15, 0.2) is 11.5 Å². The Kier molecular flexibility index (Phi) is 3.86. The molecule has 0 atom stereocenters. The molecule has 9 heteroatoms. The number of carbonyl (C=O) groups excluding carboxylic acids is 1. The summed E-state index contributed by atoms with van der Waals surface area (Å²) in [6.45, 7) is 2.62. The molecule has 0 radical (unpaired) electrons. The number of nitrogens with one attached hydrogen (secondary N) is 1. The number of rotatable bonds is 5. The Morgan fingerprint density at radius 3 is 3.09 bits per heavy atom. The molecule has 22 heavy (non-hydrogen) atoms. The van der Waals surface area contributed by atoms with Crippen LogP contribution in [0, 0.1) is 6.92 Å². The van der Waals surface area contributed by atoms with Crippen molar-refractivity contribution in [1.82, 2.24) is 35.4 Å². The van der Waals surface area contributed by atoms with E-state index in [9.17, 15) is 4.79 Å². The van der Waals surface area contributed by atoms with Gasteiger partial charge in [0, 0.05) is 18.9 Å². The number of amides is 1. The fourth-order valence-corrected chi connectivity index (χ4v) is 1.79. The largest absolute Gasteiger partial charge is 0.350 e. The lowest BCUT2D eigenvalue weighted by molar-refractivity contribution is 0.0951. The summed E-state index contributed by atoms with van der Waals surface area (Å²) in [5.74, 6) is 0.678. The molecule has 0 bridgehead atoms. The van der Waals surface area contributed by atoms with Crippen molar-refractivity contribution in [1.29, 1.82) is 0 Å². The molecule has 1 N–H and O–H groups in total. The molecule has 0 unspecified atom stereocenters. The SMILES string of the molecule is Cc1noc(-c2cn(CCNC(=O)c3cccnc3)nn2)n1. The third kappa shape index (κ3) is 3.14. The molecule has 3 aromatic rings. The van der Waals surface area contributed by atoms with Gasteiger partial charge in [0.05, 0.1) is 18.3 Å². The van der Waals surface area contributed by atoms with E-state index >= 15 is 0 Å². The van der Waals surface area contributed by atoms with E-state index < -0.39 is 0 Å². The summed E-state index contributed by atoms with van der Waals surface area (Å²) in [7, 11) is 0. The molecule has 3 rings (SSSR count). The minimum absolute atomic E-state index is 0.180. The van der Waals surface area contributed by atoms with Crippen LogP contribution in [0.15, 0.2) is 35.2 Å². The second-order valence-electron chi connectivity index (χ2n) is 4.51. The predicted molar refractivity (Wildman–Crippen MR) is 74.6 cm³/mol. The summed E-state index contributed by atoms with van der Waals surface area (Å²) in [6, 6.07) is 3.42. The second kappa shape index (κ2) is 6.12. The molecule has 9 nitrogen and oxygen atoms in total. The van der Waals surface area contributed by atoms with E-state index in [2.05, 4.69) is 30.8 Å². The van der Waals surface area contributed by atoms with Gasteiger partial charge in [-0.1, -0.05) is 10.4 Å². The van der Waals surface area contributed by atoms with E-state index in [-0.39, 0.29) is 5.91 Å². The summed E-state index contributed by atoms with van der Waals surface area (Å²) in [5, 5.41) is 14.4. The van der Waals surface area contributed by atoms with Crippen molar-refractivity contribution in [2.45, 2.75) is 13.5 Å². The normalized spacial score (nSPS) is 10.6. The van der Waals surface area contributed by atoms with Crippen molar-refractivity contribution >= 4 is 5.91 Å². The maximum Gasteiger partial charge on any atom is 0.280 e. The molecule has 0 saturated heterocycles. The van der Waals surface area contributed by atoms with Crippen molar-refractivity contribution in [3.63, 3.8) is 0 Å². The number of hydrogen-bond donors (Lipinski definition) is 1. The van der Waals surface area contributed by atoms with E-state index in [1.165, 1.54) is 6.20 Å². The average Bonchev–Trinajstić information content (AvgIpc) is 3.17. The molecule has 0 aliphatic carbocycles. The van der Waals surface area contributed by atoms with E-state index in [4.69, 9.17) is 4.52 Å². The minimum Gasteiger partial charge on any atom is -0.350 e. The molecule has 1 amide bonds. The lowest BCUT2D eigenvalue weighted by Gasteiger charge is -2.04. The average molecular weight is 299 g/mol. The van der Waals surface area contributed by atoms with Crippen LogP contribution in [0.2, 0.25) is 0 Å². The Morgan fingerprint density at radius 1 is 1.45 bits per heavy atom. The van der Waals surface area contributed by atoms with Gasteiger partial charge < -0.3 is 9.84 Å². The topological polar surface area (TPSA) is 112 Å². The van der Waals surface area contributed by atoms with Crippen LogP contribution in [0.1, 0.15) is 16.2 Å².